The molecule has 0 bridgehead atoms. The number of amides is 1. The predicted octanol–water partition coefficient (Wildman–Crippen LogP) is 3.24. The van der Waals surface area contributed by atoms with Gasteiger partial charge in [-0.25, -0.2) is 13.2 Å². The van der Waals surface area contributed by atoms with Crippen molar-refractivity contribution in [1.82, 2.24) is 4.90 Å². The Balaban J connectivity index is 1.79. The quantitative estimate of drug-likeness (QED) is 0.879. The molecule has 1 aliphatic rings. The van der Waals surface area contributed by atoms with E-state index in [0.717, 1.165) is 5.56 Å². The molecule has 1 aromatic heterocycles. The van der Waals surface area contributed by atoms with Crippen molar-refractivity contribution in [2.24, 2.45) is 0 Å². The van der Waals surface area contributed by atoms with E-state index >= 15 is 0 Å². The number of thiophene rings is 1. The van der Waals surface area contributed by atoms with Gasteiger partial charge >= 0.3 is 6.09 Å². The van der Waals surface area contributed by atoms with Crippen LogP contribution in [-0.2, 0) is 21.0 Å². The summed E-state index contributed by atoms with van der Waals surface area (Å²) in [5.41, 5.74) is 0.00144. The SMILES string of the molecule is CC1(C)OC[C@H](Cc2ccc(S(=O)(=O)c3cccs3)cc2)N1C(=O)O. The summed E-state index contributed by atoms with van der Waals surface area (Å²) >= 11 is 1.18. The van der Waals surface area contributed by atoms with Gasteiger partial charge in [-0.2, -0.15) is 0 Å². The highest BCUT2D eigenvalue weighted by Gasteiger charge is 2.43. The van der Waals surface area contributed by atoms with Crippen LogP contribution in [0, 0.1) is 0 Å². The summed E-state index contributed by atoms with van der Waals surface area (Å²) in [5.74, 6) is 0. The van der Waals surface area contributed by atoms with E-state index in [1.165, 1.54) is 16.2 Å². The Morgan fingerprint density at radius 1 is 1.32 bits per heavy atom. The van der Waals surface area contributed by atoms with Crippen molar-refractivity contribution in [2.45, 2.75) is 41.1 Å². The van der Waals surface area contributed by atoms with Gasteiger partial charge in [0.25, 0.3) is 0 Å². The number of carboxylic acid groups (broad SMARTS) is 1. The Morgan fingerprint density at radius 2 is 2.00 bits per heavy atom. The molecule has 1 N–H and O–H groups in total. The fourth-order valence-electron chi connectivity index (χ4n) is 3.03. The molecule has 1 saturated heterocycles. The van der Waals surface area contributed by atoms with Gasteiger partial charge in [0.1, 0.15) is 9.93 Å². The number of carbonyl (C=O) groups is 1. The van der Waals surface area contributed by atoms with Crippen molar-refractivity contribution in [1.29, 1.82) is 0 Å². The summed E-state index contributed by atoms with van der Waals surface area (Å²) in [6, 6.07) is 9.57. The molecule has 1 atom stereocenters. The standard InChI is InChI=1S/C17H19NO5S2/c1-17(2)18(16(19)20)13(11-23-17)10-12-5-7-14(8-6-12)25(21,22)15-4-3-9-24-15/h3-9,13H,10-11H2,1-2H3,(H,19,20)/t13-/m0/s1. The Morgan fingerprint density at radius 3 is 2.56 bits per heavy atom. The lowest BCUT2D eigenvalue weighted by Crippen LogP contribution is -2.47. The minimum absolute atomic E-state index is 0.233. The monoisotopic (exact) mass is 381 g/mol. The van der Waals surface area contributed by atoms with Gasteiger partial charge in [-0.3, -0.25) is 4.90 Å². The highest BCUT2D eigenvalue weighted by Crippen LogP contribution is 2.30. The van der Waals surface area contributed by atoms with Crippen LogP contribution >= 0.6 is 11.3 Å². The van der Waals surface area contributed by atoms with E-state index < -0.39 is 21.7 Å². The van der Waals surface area contributed by atoms with E-state index in [1.807, 2.05) is 0 Å². The summed E-state index contributed by atoms with van der Waals surface area (Å²) in [5, 5.41) is 11.1. The van der Waals surface area contributed by atoms with E-state index in [1.54, 1.807) is 55.6 Å². The van der Waals surface area contributed by atoms with Crippen LogP contribution in [0.5, 0.6) is 0 Å². The fourth-order valence-corrected chi connectivity index (χ4v) is 5.42. The molecule has 1 aliphatic heterocycles. The van der Waals surface area contributed by atoms with Crippen LogP contribution in [0.15, 0.2) is 50.9 Å². The van der Waals surface area contributed by atoms with Gasteiger partial charge in [0.05, 0.1) is 17.5 Å². The summed E-state index contributed by atoms with van der Waals surface area (Å²) in [4.78, 5) is 13.0. The van der Waals surface area contributed by atoms with Gasteiger partial charge in [0.2, 0.25) is 9.84 Å². The Kier molecular flexibility index (Phi) is 4.61. The molecular weight excluding hydrogens is 362 g/mol. The molecular formula is C17H19NO5S2. The maximum absolute atomic E-state index is 12.5. The van der Waals surface area contributed by atoms with E-state index in [4.69, 9.17) is 4.74 Å². The van der Waals surface area contributed by atoms with E-state index in [0.29, 0.717) is 17.2 Å². The summed E-state index contributed by atoms with van der Waals surface area (Å²) in [6.45, 7) is 3.75. The summed E-state index contributed by atoms with van der Waals surface area (Å²) in [6.07, 6.45) is -0.556. The predicted molar refractivity (Wildman–Crippen MR) is 93.6 cm³/mol. The lowest BCUT2D eigenvalue weighted by Gasteiger charge is -2.31. The minimum Gasteiger partial charge on any atom is -0.465 e. The second kappa shape index (κ2) is 6.44. The molecule has 0 unspecified atom stereocenters. The Bertz CT molecular complexity index is 857. The first-order valence-electron chi connectivity index (χ1n) is 7.75. The number of benzene rings is 1. The number of sulfone groups is 1. The number of hydrogen-bond donors (Lipinski definition) is 1. The largest absolute Gasteiger partial charge is 0.465 e. The van der Waals surface area contributed by atoms with Crippen LogP contribution in [-0.4, -0.2) is 42.9 Å². The first-order valence-corrected chi connectivity index (χ1v) is 10.1. The first kappa shape index (κ1) is 17.9. The van der Waals surface area contributed by atoms with E-state index in [2.05, 4.69) is 0 Å². The number of rotatable bonds is 4. The molecule has 2 heterocycles. The normalized spacial score (nSPS) is 19.9. The van der Waals surface area contributed by atoms with Crippen molar-refractivity contribution in [2.75, 3.05) is 6.61 Å². The number of nitrogens with zero attached hydrogens (tertiary/aromatic N) is 1. The molecule has 3 rings (SSSR count). The van der Waals surface area contributed by atoms with Gasteiger partial charge in [0.15, 0.2) is 0 Å². The molecule has 6 nitrogen and oxygen atoms in total. The van der Waals surface area contributed by atoms with Crippen molar-refractivity contribution < 1.29 is 23.1 Å². The molecule has 1 fully saturated rings. The topological polar surface area (TPSA) is 83.9 Å². The lowest BCUT2D eigenvalue weighted by atomic mass is 10.1. The van der Waals surface area contributed by atoms with Crippen molar-refractivity contribution in [3.8, 4) is 0 Å². The van der Waals surface area contributed by atoms with Crippen molar-refractivity contribution >= 4 is 27.3 Å². The molecule has 2 aromatic rings. The van der Waals surface area contributed by atoms with Crippen molar-refractivity contribution in [3.05, 3.63) is 47.3 Å². The third-order valence-corrected chi connectivity index (χ3v) is 7.41. The van der Waals surface area contributed by atoms with Crippen LogP contribution in [0.3, 0.4) is 0 Å². The second-order valence-electron chi connectivity index (χ2n) is 6.35. The fraction of sp³-hybridized carbons (Fsp3) is 0.353. The van der Waals surface area contributed by atoms with E-state index in [9.17, 15) is 18.3 Å². The molecule has 25 heavy (non-hydrogen) atoms. The van der Waals surface area contributed by atoms with Gasteiger partial charge in [-0.05, 0) is 49.4 Å². The first-order chi connectivity index (χ1) is 11.7. The number of ether oxygens (including phenoxy) is 1. The Labute approximate surface area is 150 Å². The molecule has 0 spiro atoms. The molecule has 0 radical (unpaired) electrons. The second-order valence-corrected chi connectivity index (χ2v) is 9.47. The lowest BCUT2D eigenvalue weighted by molar-refractivity contribution is -0.0419. The van der Waals surface area contributed by atoms with Gasteiger partial charge in [-0.1, -0.05) is 18.2 Å². The zero-order valence-corrected chi connectivity index (χ0v) is 15.5. The maximum atomic E-state index is 12.5. The molecule has 1 amide bonds. The van der Waals surface area contributed by atoms with Crippen molar-refractivity contribution in [3.63, 3.8) is 0 Å². The third-order valence-electron chi connectivity index (χ3n) is 4.25. The zero-order chi connectivity index (χ0) is 18.2. The smallest absolute Gasteiger partial charge is 0.409 e. The zero-order valence-electron chi connectivity index (χ0n) is 13.9. The average molecular weight is 381 g/mol. The van der Waals surface area contributed by atoms with Crippen LogP contribution in [0.2, 0.25) is 0 Å². The molecule has 134 valence electrons. The maximum Gasteiger partial charge on any atom is 0.409 e. The van der Waals surface area contributed by atoms with Gasteiger partial charge in [-0.15, -0.1) is 11.3 Å². The summed E-state index contributed by atoms with van der Waals surface area (Å²) in [7, 11) is -3.49. The third kappa shape index (κ3) is 3.42. The summed E-state index contributed by atoms with van der Waals surface area (Å²) < 4.78 is 30.8. The van der Waals surface area contributed by atoms with Gasteiger partial charge < -0.3 is 9.84 Å². The molecule has 0 aliphatic carbocycles. The van der Waals surface area contributed by atoms with E-state index in [-0.39, 0.29) is 10.9 Å². The molecule has 1 aromatic carbocycles. The highest BCUT2D eigenvalue weighted by atomic mass is 32.2. The Hall–Kier alpha value is -1.90. The van der Waals surface area contributed by atoms with Crippen LogP contribution in [0.4, 0.5) is 4.79 Å². The van der Waals surface area contributed by atoms with Crippen LogP contribution in [0.25, 0.3) is 0 Å². The molecule has 0 saturated carbocycles. The number of hydrogen-bond acceptors (Lipinski definition) is 5. The van der Waals surface area contributed by atoms with Crippen LogP contribution < -0.4 is 0 Å². The average Bonchev–Trinajstić information content (AvgIpc) is 3.16. The highest BCUT2D eigenvalue weighted by molar-refractivity contribution is 7.93. The minimum atomic E-state index is -3.49. The molecule has 8 heteroatoms. The van der Waals surface area contributed by atoms with Crippen LogP contribution in [0.1, 0.15) is 19.4 Å². The van der Waals surface area contributed by atoms with Gasteiger partial charge in [0, 0.05) is 0 Å².